The van der Waals surface area contributed by atoms with Gasteiger partial charge in [0.2, 0.25) is 0 Å². The van der Waals surface area contributed by atoms with Crippen LogP contribution in [0.25, 0.3) is 0 Å². The number of ketones is 1. The number of pyridine rings is 1. The smallest absolute Gasteiger partial charge is 0.258 e. The summed E-state index contributed by atoms with van der Waals surface area (Å²) in [5, 5.41) is 3.03. The molecule has 0 bridgehead atoms. The fourth-order valence-corrected chi connectivity index (χ4v) is 1.72. The number of amides is 1. The second-order valence-electron chi connectivity index (χ2n) is 3.94. The van der Waals surface area contributed by atoms with Crippen LogP contribution in [0.15, 0.2) is 42.7 Å². The molecule has 2 aromatic rings. The van der Waals surface area contributed by atoms with E-state index in [0.717, 1.165) is 0 Å². The first-order chi connectivity index (χ1) is 9.08. The number of Topliss-reactive ketones (excluding diaryl/α,β-unsaturated/α-hetero) is 1. The molecule has 1 aromatic heterocycles. The third kappa shape index (κ3) is 3.17. The molecule has 0 aliphatic carbocycles. The molecule has 1 aromatic carbocycles. The minimum Gasteiger partial charge on any atom is -0.322 e. The molecule has 1 N–H and O–H groups in total. The van der Waals surface area contributed by atoms with Gasteiger partial charge in [0.1, 0.15) is 0 Å². The van der Waals surface area contributed by atoms with Crippen molar-refractivity contribution in [3.8, 4) is 0 Å². The van der Waals surface area contributed by atoms with E-state index < -0.39 is 0 Å². The zero-order chi connectivity index (χ0) is 13.8. The Balaban J connectivity index is 2.15. The van der Waals surface area contributed by atoms with Crippen molar-refractivity contribution in [2.24, 2.45) is 0 Å². The van der Waals surface area contributed by atoms with Gasteiger partial charge in [-0.3, -0.25) is 14.6 Å². The van der Waals surface area contributed by atoms with Gasteiger partial charge in [-0.1, -0.05) is 11.6 Å². The molecule has 0 unspecified atom stereocenters. The number of halogens is 1. The molecule has 0 spiro atoms. The van der Waals surface area contributed by atoms with Crippen LogP contribution in [0.1, 0.15) is 27.6 Å². The van der Waals surface area contributed by atoms with Crippen molar-refractivity contribution in [1.29, 1.82) is 0 Å². The molecular weight excluding hydrogens is 264 g/mol. The van der Waals surface area contributed by atoms with Crippen LogP contribution in [-0.4, -0.2) is 16.7 Å². The minimum absolute atomic E-state index is 0.0202. The number of nitrogens with one attached hydrogen (secondary N) is 1. The van der Waals surface area contributed by atoms with Crippen LogP contribution < -0.4 is 5.32 Å². The molecule has 0 fully saturated rings. The predicted octanol–water partition coefficient (Wildman–Crippen LogP) is 3.19. The Morgan fingerprint density at radius 1 is 1.16 bits per heavy atom. The van der Waals surface area contributed by atoms with Crippen molar-refractivity contribution < 1.29 is 9.59 Å². The molecule has 0 aliphatic rings. The van der Waals surface area contributed by atoms with Gasteiger partial charge in [-0.15, -0.1) is 0 Å². The number of aromatic nitrogens is 1. The zero-order valence-corrected chi connectivity index (χ0v) is 10.9. The summed E-state index contributed by atoms with van der Waals surface area (Å²) < 4.78 is 0. The third-order valence-corrected chi connectivity index (χ3v) is 2.89. The molecule has 1 heterocycles. The molecule has 0 atom stereocenters. The van der Waals surface area contributed by atoms with E-state index in [4.69, 9.17) is 11.6 Å². The van der Waals surface area contributed by atoms with E-state index in [1.165, 1.54) is 19.3 Å². The fraction of sp³-hybridized carbons (Fsp3) is 0.0714. The highest BCUT2D eigenvalue weighted by Crippen LogP contribution is 2.16. The van der Waals surface area contributed by atoms with Crippen molar-refractivity contribution in [2.45, 2.75) is 6.92 Å². The summed E-state index contributed by atoms with van der Waals surface area (Å²) >= 11 is 5.91. The number of nitrogens with zero attached hydrogens (tertiary/aromatic N) is 1. The highest BCUT2D eigenvalue weighted by molar-refractivity contribution is 6.34. The predicted molar refractivity (Wildman–Crippen MR) is 73.6 cm³/mol. The molecular formula is C14H11ClN2O2. The van der Waals surface area contributed by atoms with E-state index in [1.807, 2.05) is 0 Å². The molecule has 4 nitrogen and oxygen atoms in total. The minimum atomic E-state index is -0.339. The van der Waals surface area contributed by atoms with Crippen LogP contribution in [0.3, 0.4) is 0 Å². The SMILES string of the molecule is CC(=O)c1ccc(NC(=O)c2cnccc2Cl)cc1. The summed E-state index contributed by atoms with van der Waals surface area (Å²) in [6, 6.07) is 8.19. The van der Waals surface area contributed by atoms with Crippen LogP contribution in [-0.2, 0) is 0 Å². The average Bonchev–Trinajstić information content (AvgIpc) is 2.39. The van der Waals surface area contributed by atoms with Crippen LogP contribution in [0.5, 0.6) is 0 Å². The Morgan fingerprint density at radius 3 is 2.42 bits per heavy atom. The summed E-state index contributed by atoms with van der Waals surface area (Å²) in [5.41, 5.74) is 1.49. The quantitative estimate of drug-likeness (QED) is 0.875. The Hall–Kier alpha value is -2.20. The number of hydrogen-bond donors (Lipinski definition) is 1. The summed E-state index contributed by atoms with van der Waals surface area (Å²) in [5.74, 6) is -0.359. The monoisotopic (exact) mass is 274 g/mol. The first-order valence-corrected chi connectivity index (χ1v) is 5.97. The number of benzene rings is 1. The number of anilines is 1. The Morgan fingerprint density at radius 2 is 1.84 bits per heavy atom. The molecule has 0 saturated heterocycles. The summed E-state index contributed by atoms with van der Waals surface area (Å²) in [6.07, 6.45) is 2.92. The van der Waals surface area contributed by atoms with E-state index >= 15 is 0 Å². The van der Waals surface area contributed by atoms with Crippen LogP contribution >= 0.6 is 11.6 Å². The van der Waals surface area contributed by atoms with Crippen molar-refractivity contribution in [1.82, 2.24) is 4.98 Å². The maximum Gasteiger partial charge on any atom is 0.258 e. The van der Waals surface area contributed by atoms with Gasteiger partial charge in [0, 0.05) is 23.6 Å². The summed E-state index contributed by atoms with van der Waals surface area (Å²) in [7, 11) is 0. The van der Waals surface area contributed by atoms with Crippen molar-refractivity contribution in [3.63, 3.8) is 0 Å². The number of hydrogen-bond acceptors (Lipinski definition) is 3. The number of carbonyl (C=O) groups excluding carboxylic acids is 2. The summed E-state index contributed by atoms with van der Waals surface area (Å²) in [6.45, 7) is 1.49. The van der Waals surface area contributed by atoms with Gasteiger partial charge in [0.05, 0.1) is 10.6 Å². The van der Waals surface area contributed by atoms with E-state index in [-0.39, 0.29) is 11.7 Å². The fourth-order valence-electron chi connectivity index (χ4n) is 1.53. The van der Waals surface area contributed by atoms with Crippen LogP contribution in [0.4, 0.5) is 5.69 Å². The van der Waals surface area contributed by atoms with Gasteiger partial charge in [-0.05, 0) is 37.3 Å². The third-order valence-electron chi connectivity index (χ3n) is 2.56. The van der Waals surface area contributed by atoms with Gasteiger partial charge >= 0.3 is 0 Å². The van der Waals surface area contributed by atoms with E-state index in [1.54, 1.807) is 30.3 Å². The van der Waals surface area contributed by atoms with Crippen molar-refractivity contribution >= 4 is 29.0 Å². The Labute approximate surface area is 115 Å². The molecule has 2 rings (SSSR count). The van der Waals surface area contributed by atoms with Gasteiger partial charge in [0.15, 0.2) is 5.78 Å². The summed E-state index contributed by atoms with van der Waals surface area (Å²) in [4.78, 5) is 26.9. The average molecular weight is 275 g/mol. The highest BCUT2D eigenvalue weighted by atomic mass is 35.5. The van der Waals surface area contributed by atoms with Gasteiger partial charge in [-0.25, -0.2) is 0 Å². The highest BCUT2D eigenvalue weighted by Gasteiger charge is 2.10. The first kappa shape index (κ1) is 13.2. The number of rotatable bonds is 3. The van der Waals surface area contributed by atoms with Gasteiger partial charge in [-0.2, -0.15) is 0 Å². The molecule has 1 amide bonds. The molecule has 96 valence electrons. The largest absolute Gasteiger partial charge is 0.322 e. The van der Waals surface area contributed by atoms with Crippen LogP contribution in [0, 0.1) is 0 Å². The van der Waals surface area contributed by atoms with E-state index in [2.05, 4.69) is 10.3 Å². The zero-order valence-electron chi connectivity index (χ0n) is 10.2. The molecule has 5 heteroatoms. The number of carbonyl (C=O) groups is 2. The second kappa shape index (κ2) is 5.63. The lowest BCUT2D eigenvalue weighted by atomic mass is 10.1. The van der Waals surface area contributed by atoms with Crippen molar-refractivity contribution in [2.75, 3.05) is 5.32 Å². The molecule has 0 saturated carbocycles. The van der Waals surface area contributed by atoms with Gasteiger partial charge < -0.3 is 5.32 Å². The maximum atomic E-state index is 12.0. The standard InChI is InChI=1S/C14H11ClN2O2/c1-9(18)10-2-4-11(5-3-10)17-14(19)12-8-16-7-6-13(12)15/h2-8H,1H3,(H,17,19). The lowest BCUT2D eigenvalue weighted by Crippen LogP contribution is -2.12. The second-order valence-corrected chi connectivity index (χ2v) is 4.35. The van der Waals surface area contributed by atoms with Crippen molar-refractivity contribution in [3.05, 3.63) is 58.9 Å². The van der Waals surface area contributed by atoms with E-state index in [9.17, 15) is 9.59 Å². The normalized spacial score (nSPS) is 10.0. The molecule has 0 radical (unpaired) electrons. The Bertz CT molecular complexity index is 624. The molecule has 19 heavy (non-hydrogen) atoms. The van der Waals surface area contributed by atoms with Gasteiger partial charge in [0.25, 0.3) is 5.91 Å². The lowest BCUT2D eigenvalue weighted by molar-refractivity contribution is 0.101. The van der Waals surface area contributed by atoms with E-state index in [0.29, 0.717) is 21.8 Å². The maximum absolute atomic E-state index is 12.0. The Kier molecular flexibility index (Phi) is 3.92. The van der Waals surface area contributed by atoms with Crippen LogP contribution in [0.2, 0.25) is 5.02 Å². The first-order valence-electron chi connectivity index (χ1n) is 5.60. The molecule has 0 aliphatic heterocycles. The lowest BCUT2D eigenvalue weighted by Gasteiger charge is -2.06. The topological polar surface area (TPSA) is 59.1 Å².